The van der Waals surface area contributed by atoms with Gasteiger partial charge in [0.25, 0.3) is 5.91 Å². The molecule has 0 unspecified atom stereocenters. The van der Waals surface area contributed by atoms with Gasteiger partial charge in [-0.2, -0.15) is 0 Å². The van der Waals surface area contributed by atoms with Crippen LogP contribution < -0.4 is 11.1 Å². The average molecular weight is 249 g/mol. The van der Waals surface area contributed by atoms with E-state index in [1.54, 1.807) is 18.2 Å². The Morgan fingerprint density at radius 1 is 1.35 bits per heavy atom. The molecular formula is C11H9ClN4O. The van der Waals surface area contributed by atoms with E-state index in [1.807, 2.05) is 0 Å². The molecule has 1 heterocycles. The minimum Gasteiger partial charge on any atom is -0.397 e. The van der Waals surface area contributed by atoms with Gasteiger partial charge in [0.1, 0.15) is 5.69 Å². The summed E-state index contributed by atoms with van der Waals surface area (Å²) in [5.41, 5.74) is 6.69. The Morgan fingerprint density at radius 3 is 2.88 bits per heavy atom. The van der Waals surface area contributed by atoms with Crippen molar-refractivity contribution in [3.05, 3.63) is 47.5 Å². The van der Waals surface area contributed by atoms with Crippen LogP contribution in [0.25, 0.3) is 0 Å². The molecule has 0 radical (unpaired) electrons. The smallest absolute Gasteiger partial charge is 0.275 e. The molecule has 86 valence electrons. The second-order valence-electron chi connectivity index (χ2n) is 3.25. The Labute approximate surface area is 103 Å². The fourth-order valence-corrected chi connectivity index (χ4v) is 1.42. The number of aromatic nitrogens is 2. The van der Waals surface area contributed by atoms with Crippen LogP contribution in [-0.4, -0.2) is 15.9 Å². The molecule has 1 aromatic carbocycles. The van der Waals surface area contributed by atoms with Crippen molar-refractivity contribution in [1.29, 1.82) is 0 Å². The number of hydrogen-bond acceptors (Lipinski definition) is 4. The van der Waals surface area contributed by atoms with Crippen LogP contribution >= 0.6 is 11.6 Å². The summed E-state index contributed by atoms with van der Waals surface area (Å²) >= 11 is 5.95. The second kappa shape index (κ2) is 4.80. The summed E-state index contributed by atoms with van der Waals surface area (Å²) in [4.78, 5) is 19.4. The summed E-state index contributed by atoms with van der Waals surface area (Å²) in [5.74, 6) is -0.384. The third-order valence-electron chi connectivity index (χ3n) is 2.07. The van der Waals surface area contributed by atoms with Crippen molar-refractivity contribution in [1.82, 2.24) is 9.97 Å². The van der Waals surface area contributed by atoms with Gasteiger partial charge in [-0.25, -0.2) is 4.98 Å². The fraction of sp³-hybridized carbons (Fsp3) is 0. The highest BCUT2D eigenvalue weighted by atomic mass is 35.5. The van der Waals surface area contributed by atoms with Crippen LogP contribution in [0.2, 0.25) is 5.02 Å². The summed E-state index contributed by atoms with van der Waals surface area (Å²) in [6, 6.07) is 5.01. The van der Waals surface area contributed by atoms with Crippen molar-refractivity contribution in [2.24, 2.45) is 0 Å². The van der Waals surface area contributed by atoms with E-state index in [9.17, 15) is 4.79 Å². The number of carbonyl (C=O) groups is 1. The molecule has 17 heavy (non-hydrogen) atoms. The van der Waals surface area contributed by atoms with Crippen LogP contribution in [0.15, 0.2) is 36.8 Å². The number of carbonyl (C=O) groups excluding carboxylic acids is 1. The summed E-state index contributed by atoms with van der Waals surface area (Å²) in [5, 5.41) is 2.92. The van der Waals surface area contributed by atoms with Crippen molar-refractivity contribution < 1.29 is 4.79 Å². The largest absolute Gasteiger partial charge is 0.397 e. The van der Waals surface area contributed by atoms with Gasteiger partial charge in [0.2, 0.25) is 0 Å². The van der Waals surface area contributed by atoms with E-state index in [1.165, 1.54) is 18.6 Å². The highest BCUT2D eigenvalue weighted by Gasteiger charge is 2.10. The molecule has 0 saturated carbocycles. The number of benzene rings is 1. The van der Waals surface area contributed by atoms with E-state index < -0.39 is 0 Å². The maximum absolute atomic E-state index is 11.8. The van der Waals surface area contributed by atoms with Crippen LogP contribution in [0, 0.1) is 0 Å². The molecular weight excluding hydrogens is 240 g/mol. The lowest BCUT2D eigenvalue weighted by Crippen LogP contribution is -2.14. The number of rotatable bonds is 2. The van der Waals surface area contributed by atoms with E-state index >= 15 is 0 Å². The third kappa shape index (κ3) is 2.51. The van der Waals surface area contributed by atoms with Crippen molar-refractivity contribution in [3.8, 4) is 0 Å². The van der Waals surface area contributed by atoms with Gasteiger partial charge in [-0.15, -0.1) is 0 Å². The summed E-state index contributed by atoms with van der Waals surface area (Å²) < 4.78 is 0. The molecule has 0 bridgehead atoms. The zero-order valence-corrected chi connectivity index (χ0v) is 9.48. The van der Waals surface area contributed by atoms with Crippen molar-refractivity contribution in [2.45, 2.75) is 0 Å². The zero-order valence-electron chi connectivity index (χ0n) is 8.72. The van der Waals surface area contributed by atoms with E-state index in [2.05, 4.69) is 15.3 Å². The normalized spacial score (nSPS) is 9.94. The Bertz CT molecular complexity index is 544. The second-order valence-corrected chi connectivity index (χ2v) is 3.63. The number of nitrogen functional groups attached to an aromatic ring is 1. The van der Waals surface area contributed by atoms with E-state index in [0.29, 0.717) is 16.4 Å². The van der Waals surface area contributed by atoms with Crippen molar-refractivity contribution >= 4 is 28.9 Å². The van der Waals surface area contributed by atoms with E-state index in [-0.39, 0.29) is 11.6 Å². The predicted octanol–water partition coefficient (Wildman–Crippen LogP) is 1.96. The maximum Gasteiger partial charge on any atom is 0.275 e. The first-order valence-corrected chi connectivity index (χ1v) is 5.17. The molecule has 6 heteroatoms. The standard InChI is InChI=1S/C11H9ClN4O/c12-10-7(13)2-1-3-8(10)16-11(17)9-6-14-4-5-15-9/h1-6H,13H2,(H,16,17). The van der Waals surface area contributed by atoms with Gasteiger partial charge in [-0.05, 0) is 12.1 Å². The molecule has 0 aliphatic carbocycles. The Balaban J connectivity index is 2.22. The number of nitrogens with two attached hydrogens (primary N) is 1. The molecule has 2 aromatic rings. The van der Waals surface area contributed by atoms with E-state index in [4.69, 9.17) is 17.3 Å². The van der Waals surface area contributed by atoms with Crippen LogP contribution in [0.1, 0.15) is 10.5 Å². The summed E-state index contributed by atoms with van der Waals surface area (Å²) in [7, 11) is 0. The number of anilines is 2. The maximum atomic E-state index is 11.8. The highest BCUT2D eigenvalue weighted by Crippen LogP contribution is 2.27. The number of hydrogen-bond donors (Lipinski definition) is 2. The number of halogens is 1. The van der Waals surface area contributed by atoms with Crippen LogP contribution in [0.5, 0.6) is 0 Å². The van der Waals surface area contributed by atoms with Gasteiger partial charge >= 0.3 is 0 Å². The number of amides is 1. The molecule has 0 aliphatic rings. The molecule has 3 N–H and O–H groups in total. The van der Waals surface area contributed by atoms with Gasteiger partial charge in [-0.1, -0.05) is 17.7 Å². The first kappa shape index (κ1) is 11.3. The molecule has 0 atom stereocenters. The van der Waals surface area contributed by atoms with Gasteiger partial charge < -0.3 is 11.1 Å². The van der Waals surface area contributed by atoms with Crippen molar-refractivity contribution in [3.63, 3.8) is 0 Å². The van der Waals surface area contributed by atoms with Gasteiger partial charge in [0, 0.05) is 12.4 Å². The van der Waals surface area contributed by atoms with Gasteiger partial charge in [0.15, 0.2) is 0 Å². The van der Waals surface area contributed by atoms with Gasteiger partial charge in [0.05, 0.1) is 22.6 Å². The monoisotopic (exact) mass is 248 g/mol. The average Bonchev–Trinajstić information content (AvgIpc) is 2.36. The Kier molecular flexibility index (Phi) is 3.20. The first-order valence-electron chi connectivity index (χ1n) is 4.80. The Morgan fingerprint density at radius 2 is 2.18 bits per heavy atom. The summed E-state index contributed by atoms with van der Waals surface area (Å²) in [6.07, 6.45) is 4.30. The summed E-state index contributed by atoms with van der Waals surface area (Å²) in [6.45, 7) is 0. The van der Waals surface area contributed by atoms with Crippen LogP contribution in [0.3, 0.4) is 0 Å². The minimum atomic E-state index is -0.384. The predicted molar refractivity (Wildman–Crippen MR) is 65.8 cm³/mol. The van der Waals surface area contributed by atoms with Crippen LogP contribution in [-0.2, 0) is 0 Å². The SMILES string of the molecule is Nc1cccc(NC(=O)c2cnccn2)c1Cl. The topological polar surface area (TPSA) is 80.9 Å². The molecule has 0 aliphatic heterocycles. The molecule has 1 amide bonds. The molecule has 0 fully saturated rings. The Hall–Kier alpha value is -2.14. The van der Waals surface area contributed by atoms with Crippen molar-refractivity contribution in [2.75, 3.05) is 11.1 Å². The molecule has 5 nitrogen and oxygen atoms in total. The quantitative estimate of drug-likeness (QED) is 0.796. The highest BCUT2D eigenvalue weighted by molar-refractivity contribution is 6.36. The molecule has 2 rings (SSSR count). The van der Waals surface area contributed by atoms with Gasteiger partial charge in [-0.3, -0.25) is 9.78 Å². The lowest BCUT2D eigenvalue weighted by Gasteiger charge is -2.07. The lowest BCUT2D eigenvalue weighted by molar-refractivity contribution is 0.102. The molecule has 0 spiro atoms. The number of nitrogens with zero attached hydrogens (tertiary/aromatic N) is 2. The molecule has 1 aromatic heterocycles. The lowest BCUT2D eigenvalue weighted by atomic mass is 10.2. The minimum absolute atomic E-state index is 0.214. The molecule has 0 saturated heterocycles. The first-order chi connectivity index (χ1) is 8.18. The third-order valence-corrected chi connectivity index (χ3v) is 2.49. The van der Waals surface area contributed by atoms with E-state index in [0.717, 1.165) is 0 Å². The number of nitrogens with one attached hydrogen (secondary N) is 1. The van der Waals surface area contributed by atoms with Crippen LogP contribution in [0.4, 0.5) is 11.4 Å². The zero-order chi connectivity index (χ0) is 12.3. The fourth-order valence-electron chi connectivity index (χ4n) is 1.25.